The second-order valence-corrected chi connectivity index (χ2v) is 12.0. The summed E-state index contributed by atoms with van der Waals surface area (Å²) in [6, 6.07) is 27.5. The highest BCUT2D eigenvalue weighted by Gasteiger charge is 2.29. The molecule has 0 bridgehead atoms. The van der Waals surface area contributed by atoms with Gasteiger partial charge in [-0.1, -0.05) is 48.5 Å². The van der Waals surface area contributed by atoms with Gasteiger partial charge in [0.2, 0.25) is 5.78 Å². The molecule has 0 saturated carbocycles. The number of carbonyl (C=O) groups excluding carboxylic acids is 2. The first-order chi connectivity index (χ1) is 24.7. The van der Waals surface area contributed by atoms with Gasteiger partial charge in [-0.3, -0.25) is 25.1 Å². The molecule has 0 atom stereocenters. The number of fused-ring (bicyclic) bond motifs is 3. The molecule has 12 nitrogen and oxygen atoms in total. The Kier molecular flexibility index (Phi) is 8.41. The van der Waals surface area contributed by atoms with Gasteiger partial charge < -0.3 is 25.0 Å². The maximum absolute atomic E-state index is 13.7. The number of hydrogen-bond acceptors (Lipinski definition) is 10. The van der Waals surface area contributed by atoms with Gasteiger partial charge in [-0.2, -0.15) is 5.10 Å². The summed E-state index contributed by atoms with van der Waals surface area (Å²) in [5, 5.41) is 23.0. The number of nitrogens with one attached hydrogen (secondary N) is 3. The van der Waals surface area contributed by atoms with E-state index in [1.165, 1.54) is 32.4 Å². The maximum Gasteiger partial charge on any atom is 0.286 e. The van der Waals surface area contributed by atoms with Gasteiger partial charge in [0.05, 0.1) is 53.6 Å². The van der Waals surface area contributed by atoms with Crippen molar-refractivity contribution in [3.8, 4) is 11.5 Å². The Bertz CT molecular complexity index is 2320. The number of nitrogens with zero attached hydrogens (tertiary/aromatic N) is 3. The number of ether oxygens (including phenoxy) is 2. The summed E-state index contributed by atoms with van der Waals surface area (Å²) in [4.78, 5) is 39.9. The van der Waals surface area contributed by atoms with Crippen LogP contribution in [0.15, 0.2) is 102 Å². The van der Waals surface area contributed by atoms with E-state index in [2.05, 4.69) is 26.1 Å². The largest absolute Gasteiger partial charge is 0.493 e. The molecule has 0 unspecified atom stereocenters. The molecule has 12 heteroatoms. The fraction of sp³-hybridized carbons (Fsp3) is 0.103. The van der Waals surface area contributed by atoms with Crippen molar-refractivity contribution in [2.45, 2.75) is 13.8 Å². The summed E-state index contributed by atoms with van der Waals surface area (Å²) in [6.07, 6.45) is 3.30. The highest BCUT2D eigenvalue weighted by atomic mass is 16.6. The normalized spacial score (nSPS) is 13.5. The zero-order valence-corrected chi connectivity index (χ0v) is 28.1. The van der Waals surface area contributed by atoms with Crippen molar-refractivity contribution in [2.24, 2.45) is 5.10 Å². The molecule has 1 heterocycles. The van der Waals surface area contributed by atoms with Crippen molar-refractivity contribution in [1.82, 2.24) is 0 Å². The molecule has 0 saturated heterocycles. The lowest BCUT2D eigenvalue weighted by molar-refractivity contribution is -0.385. The minimum absolute atomic E-state index is 0.136. The van der Waals surface area contributed by atoms with Crippen molar-refractivity contribution in [3.05, 3.63) is 135 Å². The number of rotatable bonds is 8. The molecule has 0 fully saturated rings. The van der Waals surface area contributed by atoms with Crippen molar-refractivity contribution < 1.29 is 24.0 Å². The first-order valence-electron chi connectivity index (χ1n) is 16.0. The van der Waals surface area contributed by atoms with E-state index in [0.29, 0.717) is 17.1 Å². The number of allylic oxidation sites excluding steroid dienone is 1. The Morgan fingerprint density at radius 2 is 1.45 bits per heavy atom. The summed E-state index contributed by atoms with van der Waals surface area (Å²) < 4.78 is 10.5. The molecule has 5 aromatic carbocycles. The van der Waals surface area contributed by atoms with E-state index in [-0.39, 0.29) is 22.8 Å². The quantitative estimate of drug-likeness (QED) is 0.106. The van der Waals surface area contributed by atoms with Crippen molar-refractivity contribution in [1.29, 1.82) is 0 Å². The lowest BCUT2D eigenvalue weighted by Crippen LogP contribution is -2.21. The summed E-state index contributed by atoms with van der Waals surface area (Å²) in [5.74, 6) is -0.556. The highest BCUT2D eigenvalue weighted by molar-refractivity contribution is 6.52. The van der Waals surface area contributed by atoms with Crippen LogP contribution >= 0.6 is 0 Å². The highest BCUT2D eigenvalue weighted by Crippen LogP contribution is 2.51. The van der Waals surface area contributed by atoms with Gasteiger partial charge in [0.15, 0.2) is 11.5 Å². The van der Waals surface area contributed by atoms with Crippen LogP contribution in [-0.4, -0.2) is 36.5 Å². The monoisotopic (exact) mass is 680 g/mol. The number of hydrogen-bond donors (Lipinski definition) is 3. The molecule has 1 aliphatic heterocycles. The first kappa shape index (κ1) is 32.6. The molecule has 51 heavy (non-hydrogen) atoms. The van der Waals surface area contributed by atoms with Crippen LogP contribution in [-0.2, 0) is 4.79 Å². The average molecular weight is 681 g/mol. The Balaban J connectivity index is 1.29. The molecular weight excluding hydrogens is 648 g/mol. The summed E-state index contributed by atoms with van der Waals surface area (Å²) in [6.45, 7) is 3.81. The number of para-hydroxylation sites is 1. The van der Waals surface area contributed by atoms with Crippen LogP contribution in [0.4, 0.5) is 45.5 Å². The molecule has 0 spiro atoms. The van der Waals surface area contributed by atoms with E-state index in [1.54, 1.807) is 6.08 Å². The van der Waals surface area contributed by atoms with Gasteiger partial charge in [0.1, 0.15) is 11.3 Å². The summed E-state index contributed by atoms with van der Waals surface area (Å²) in [5.41, 5.74) is 11.3. The van der Waals surface area contributed by atoms with Crippen LogP contribution in [0.1, 0.15) is 32.6 Å². The van der Waals surface area contributed by atoms with Crippen molar-refractivity contribution in [3.63, 3.8) is 0 Å². The number of hydrazone groups is 1. The Hall–Kier alpha value is -6.95. The van der Waals surface area contributed by atoms with Crippen molar-refractivity contribution >= 4 is 69.0 Å². The zero-order valence-electron chi connectivity index (χ0n) is 28.1. The topological polar surface area (TPSA) is 147 Å². The molecule has 2 aliphatic rings. The number of amides is 1. The lowest BCUT2D eigenvalue weighted by Gasteiger charge is -2.35. The SMILES string of the molecule is COc1cc(C(=O)Nc2cc3c(cc2C)Nc2cc(C)c(N/N=C4\C(=O)C=Cc5ccccc54)cc2N3c2ccccc2)c([N+](=O)[O-])cc1OC. The minimum Gasteiger partial charge on any atom is -0.493 e. The summed E-state index contributed by atoms with van der Waals surface area (Å²) >= 11 is 0. The van der Waals surface area contributed by atoms with Gasteiger partial charge in [-0.25, -0.2) is 0 Å². The van der Waals surface area contributed by atoms with E-state index < -0.39 is 16.5 Å². The van der Waals surface area contributed by atoms with Crippen LogP contribution < -0.4 is 30.4 Å². The van der Waals surface area contributed by atoms with Gasteiger partial charge in [0.25, 0.3) is 11.6 Å². The van der Waals surface area contributed by atoms with Crippen molar-refractivity contribution in [2.75, 3.05) is 35.2 Å². The van der Waals surface area contributed by atoms with Crippen LogP contribution in [0, 0.1) is 24.0 Å². The van der Waals surface area contributed by atoms with E-state index in [1.807, 2.05) is 92.7 Å². The predicted molar refractivity (Wildman–Crippen MR) is 199 cm³/mol. The predicted octanol–water partition coefficient (Wildman–Crippen LogP) is 8.42. The van der Waals surface area contributed by atoms with Crippen LogP contribution in [0.5, 0.6) is 11.5 Å². The van der Waals surface area contributed by atoms with Crippen LogP contribution in [0.2, 0.25) is 0 Å². The number of carbonyl (C=O) groups is 2. The fourth-order valence-corrected chi connectivity index (χ4v) is 6.21. The number of benzene rings is 5. The molecule has 5 aromatic rings. The fourth-order valence-electron chi connectivity index (χ4n) is 6.21. The third kappa shape index (κ3) is 5.99. The van der Waals surface area contributed by atoms with Crippen LogP contribution in [0.25, 0.3) is 6.08 Å². The van der Waals surface area contributed by atoms with E-state index in [4.69, 9.17) is 9.47 Å². The third-order valence-electron chi connectivity index (χ3n) is 8.79. The Labute approximate surface area is 293 Å². The van der Waals surface area contributed by atoms with E-state index in [0.717, 1.165) is 50.7 Å². The van der Waals surface area contributed by atoms with Gasteiger partial charge in [-0.15, -0.1) is 0 Å². The van der Waals surface area contributed by atoms with E-state index in [9.17, 15) is 19.7 Å². The zero-order chi connectivity index (χ0) is 35.8. The number of aryl methyl sites for hydroxylation is 2. The molecular formula is C39H32N6O6. The number of nitro groups is 1. The van der Waals surface area contributed by atoms with E-state index >= 15 is 0 Å². The third-order valence-corrected chi connectivity index (χ3v) is 8.79. The molecule has 1 amide bonds. The summed E-state index contributed by atoms with van der Waals surface area (Å²) in [7, 11) is 2.76. The van der Waals surface area contributed by atoms with Crippen LogP contribution in [0.3, 0.4) is 0 Å². The lowest BCUT2D eigenvalue weighted by atomic mass is 9.95. The second kappa shape index (κ2) is 13.2. The maximum atomic E-state index is 13.7. The number of nitro benzene ring substituents is 1. The molecule has 3 N–H and O–H groups in total. The number of anilines is 7. The molecule has 0 aromatic heterocycles. The number of methoxy groups -OCH3 is 2. The molecule has 1 aliphatic carbocycles. The molecule has 0 radical (unpaired) electrons. The first-order valence-corrected chi connectivity index (χ1v) is 16.0. The standard InChI is InChI=1S/C39H32N6O6/c1-22-16-30-33(19-28(22)41-39(47)27-18-36(50-3)37(51-4)21-32(27)45(48)49)44(25-11-6-5-7-12-25)34-20-29(23(2)17-31(34)40-30)42-43-38-26-13-9-8-10-24(26)14-15-35(38)46/h5-21,40,42H,1-4H3,(H,41,47)/b43-38-. The molecule has 254 valence electrons. The van der Waals surface area contributed by atoms with Gasteiger partial charge in [0, 0.05) is 23.0 Å². The Morgan fingerprint density at radius 3 is 2.14 bits per heavy atom. The Morgan fingerprint density at radius 1 is 0.824 bits per heavy atom. The van der Waals surface area contributed by atoms with Gasteiger partial charge >= 0.3 is 0 Å². The second-order valence-electron chi connectivity index (χ2n) is 12.0. The minimum atomic E-state index is -0.684. The average Bonchev–Trinajstić information content (AvgIpc) is 3.13. The number of ketones is 1. The molecule has 7 rings (SSSR count). The smallest absolute Gasteiger partial charge is 0.286 e. The van der Waals surface area contributed by atoms with Gasteiger partial charge in [-0.05, 0) is 73.0 Å².